The van der Waals surface area contributed by atoms with Gasteiger partial charge < -0.3 is 0 Å². The molecule has 0 fully saturated rings. The molecule has 0 rings (SSSR count). The molecule has 0 aromatic rings. The lowest BCUT2D eigenvalue weighted by atomic mass is 10.2. The third-order valence-electron chi connectivity index (χ3n) is 0. The van der Waals surface area contributed by atoms with Crippen molar-refractivity contribution in [3.63, 3.8) is 0 Å². The minimum Gasteiger partial charge on any atom is -0.214 e. The molecule has 0 aromatic heterocycles. The number of thiol groups is 2. The van der Waals surface area contributed by atoms with Crippen molar-refractivity contribution < 1.29 is 0 Å². The summed E-state index contributed by atoms with van der Waals surface area (Å²) < 4.78 is 0. The van der Waals surface area contributed by atoms with Crippen LogP contribution in [0.4, 0.5) is 0 Å². The van der Waals surface area contributed by atoms with Crippen LogP contribution in [0.2, 0.25) is 6.82 Å². The lowest BCUT2D eigenvalue weighted by molar-refractivity contribution is 2.36. The van der Waals surface area contributed by atoms with Crippen LogP contribution >= 0.6 is 25.0 Å². The van der Waals surface area contributed by atoms with Crippen molar-refractivity contribution in [2.45, 2.75) is 6.82 Å². The number of rotatable bonds is 0. The monoisotopic (exact) mass is 92.0 g/mol. The van der Waals surface area contributed by atoms with E-state index >= 15 is 0 Å². The first-order valence-electron chi connectivity index (χ1n) is 1.09. The van der Waals surface area contributed by atoms with Crippen molar-refractivity contribution in [1.82, 2.24) is 0 Å². The SMILES string of the molecule is CB(S)S. The summed E-state index contributed by atoms with van der Waals surface area (Å²) in [5.41, 5.74) is 0. The molecule has 3 heteroatoms. The highest BCUT2D eigenvalue weighted by Gasteiger charge is 1.80. The topological polar surface area (TPSA) is 0 Å². The van der Waals surface area contributed by atoms with Crippen LogP contribution in [-0.2, 0) is 0 Å². The third-order valence-corrected chi connectivity index (χ3v) is 0. The van der Waals surface area contributed by atoms with Gasteiger partial charge in [-0.1, -0.05) is 6.82 Å². The molecule has 0 heterocycles. The molecule has 0 amide bonds. The Labute approximate surface area is 37.7 Å². The molecule has 0 aliphatic heterocycles. The summed E-state index contributed by atoms with van der Waals surface area (Å²) in [6, 6.07) is 0. The minimum atomic E-state index is 0.222. The summed E-state index contributed by atoms with van der Waals surface area (Å²) in [5.74, 6) is 0. The van der Waals surface area contributed by atoms with Gasteiger partial charge in [-0.25, -0.2) is 25.0 Å². The highest BCUT2D eigenvalue weighted by atomic mass is 32.2. The highest BCUT2D eigenvalue weighted by molar-refractivity contribution is 8.40. The summed E-state index contributed by atoms with van der Waals surface area (Å²) in [4.78, 5) is 0. The molecule has 0 radical (unpaired) electrons. The molecule has 0 aromatic carbocycles. The molecule has 0 N–H and O–H groups in total. The Bertz CT molecular complexity index is 10.8. The van der Waals surface area contributed by atoms with Crippen LogP contribution < -0.4 is 0 Å². The predicted molar refractivity (Wildman–Crippen MR) is 29.6 cm³/mol. The van der Waals surface area contributed by atoms with Gasteiger partial charge in [0.1, 0.15) is 0 Å². The lowest BCUT2D eigenvalue weighted by Gasteiger charge is -1.70. The minimum absolute atomic E-state index is 0.222. The molecular weight excluding hydrogens is 87.0 g/mol. The number of hydrogen-bond donors (Lipinski definition) is 2. The van der Waals surface area contributed by atoms with Crippen molar-refractivity contribution in [3.8, 4) is 0 Å². The van der Waals surface area contributed by atoms with Gasteiger partial charge in [0, 0.05) is 0 Å². The smallest absolute Gasteiger partial charge is 0.214 e. The highest BCUT2D eigenvalue weighted by Crippen LogP contribution is 1.87. The molecule has 0 aliphatic rings. The van der Waals surface area contributed by atoms with Gasteiger partial charge in [-0.2, -0.15) is 0 Å². The van der Waals surface area contributed by atoms with Crippen molar-refractivity contribution in [2.75, 3.05) is 0 Å². The third kappa shape index (κ3) is 14.7. The molecular formula is CH5BS2. The zero-order valence-corrected chi connectivity index (χ0v) is 4.26. The molecule has 0 bridgehead atoms. The van der Waals surface area contributed by atoms with Crippen LogP contribution in [0.1, 0.15) is 0 Å². The van der Waals surface area contributed by atoms with Gasteiger partial charge in [-0.15, -0.1) is 0 Å². The molecule has 24 valence electrons. The first-order chi connectivity index (χ1) is 1.73. The molecule has 0 aliphatic carbocycles. The van der Waals surface area contributed by atoms with Crippen molar-refractivity contribution in [1.29, 1.82) is 0 Å². The molecule has 0 nitrogen and oxygen atoms in total. The van der Waals surface area contributed by atoms with Gasteiger partial charge in [-0.05, 0) is 0 Å². The van der Waals surface area contributed by atoms with Crippen LogP contribution in [0.3, 0.4) is 0 Å². The second kappa shape index (κ2) is 2.03. The van der Waals surface area contributed by atoms with Gasteiger partial charge in [0.15, 0.2) is 0 Å². The van der Waals surface area contributed by atoms with E-state index in [-0.39, 0.29) is 5.27 Å². The van der Waals surface area contributed by atoms with Crippen LogP contribution in [0, 0.1) is 0 Å². The Morgan fingerprint density at radius 3 is 1.50 bits per heavy atom. The molecule has 0 atom stereocenters. The average Bonchev–Trinajstić information content (AvgIpc) is 0.811. The maximum Gasteiger partial charge on any atom is 0.263 e. The van der Waals surface area contributed by atoms with E-state index in [9.17, 15) is 0 Å². The Hall–Kier alpha value is 0.765. The van der Waals surface area contributed by atoms with Crippen molar-refractivity contribution in [3.05, 3.63) is 0 Å². The van der Waals surface area contributed by atoms with Crippen LogP contribution in [-0.4, -0.2) is 5.27 Å². The van der Waals surface area contributed by atoms with Gasteiger partial charge in [-0.3, -0.25) is 0 Å². The summed E-state index contributed by atoms with van der Waals surface area (Å²) in [6.07, 6.45) is 0. The van der Waals surface area contributed by atoms with E-state index in [1.165, 1.54) is 0 Å². The van der Waals surface area contributed by atoms with Crippen molar-refractivity contribution in [2.24, 2.45) is 0 Å². The Morgan fingerprint density at radius 1 is 1.50 bits per heavy atom. The fraction of sp³-hybridized carbons (Fsp3) is 1.00. The van der Waals surface area contributed by atoms with E-state index in [2.05, 4.69) is 25.0 Å². The fourth-order valence-electron chi connectivity index (χ4n) is 0. The number of hydrogen-bond acceptors (Lipinski definition) is 2. The fourth-order valence-corrected chi connectivity index (χ4v) is 0. The van der Waals surface area contributed by atoms with Gasteiger partial charge in [0.2, 0.25) is 0 Å². The first kappa shape index (κ1) is 4.76. The van der Waals surface area contributed by atoms with Gasteiger partial charge >= 0.3 is 0 Å². The summed E-state index contributed by atoms with van der Waals surface area (Å²) in [5, 5.41) is 0.222. The van der Waals surface area contributed by atoms with Crippen molar-refractivity contribution >= 4 is 30.2 Å². The zero-order chi connectivity index (χ0) is 3.58. The van der Waals surface area contributed by atoms with Crippen LogP contribution in [0.25, 0.3) is 0 Å². The second-order valence-corrected chi connectivity index (χ2v) is 2.59. The standard InChI is InChI=1S/CH5BS2/c1-2(3)4/h3-4H,1H3. The largest absolute Gasteiger partial charge is 0.263 e. The first-order valence-corrected chi connectivity index (χ1v) is 2.13. The maximum atomic E-state index is 3.83. The van der Waals surface area contributed by atoms with E-state index in [0.29, 0.717) is 0 Å². The van der Waals surface area contributed by atoms with E-state index in [1.54, 1.807) is 0 Å². The molecule has 0 spiro atoms. The van der Waals surface area contributed by atoms with E-state index in [0.717, 1.165) is 0 Å². The molecule has 0 saturated heterocycles. The summed E-state index contributed by atoms with van der Waals surface area (Å²) in [6.45, 7) is 1.90. The molecule has 0 unspecified atom stereocenters. The summed E-state index contributed by atoms with van der Waals surface area (Å²) in [7, 11) is 0. The molecule has 0 saturated carbocycles. The van der Waals surface area contributed by atoms with E-state index in [1.807, 2.05) is 6.82 Å². The Morgan fingerprint density at radius 2 is 1.50 bits per heavy atom. The maximum absolute atomic E-state index is 3.83. The zero-order valence-electron chi connectivity index (χ0n) is 2.47. The Balaban J connectivity index is 2.32. The van der Waals surface area contributed by atoms with Crippen LogP contribution in [0.15, 0.2) is 0 Å². The Kier molecular flexibility index (Phi) is 2.42. The van der Waals surface area contributed by atoms with Gasteiger partial charge in [0.05, 0.1) is 0 Å². The van der Waals surface area contributed by atoms with E-state index in [4.69, 9.17) is 0 Å². The van der Waals surface area contributed by atoms with E-state index < -0.39 is 0 Å². The summed E-state index contributed by atoms with van der Waals surface area (Å²) >= 11 is 7.66. The second-order valence-electron chi connectivity index (χ2n) is 0.632. The average molecular weight is 92.0 g/mol. The van der Waals surface area contributed by atoms with Crippen LogP contribution in [0.5, 0.6) is 0 Å². The predicted octanol–water partition coefficient (Wildman–Crippen LogP) is 0.964. The lowest BCUT2D eigenvalue weighted by Crippen LogP contribution is -1.73. The van der Waals surface area contributed by atoms with Gasteiger partial charge in [0.25, 0.3) is 5.27 Å². The molecule has 4 heavy (non-hydrogen) atoms. The quantitative estimate of drug-likeness (QED) is 0.322. The normalized spacial score (nSPS) is 6.75.